The maximum absolute atomic E-state index is 6.55. The number of hydrogen-bond acceptors (Lipinski definition) is 3. The fourth-order valence-corrected chi connectivity index (χ4v) is 3.48. The fraction of sp³-hybridized carbons (Fsp3) is 0.625. The van der Waals surface area contributed by atoms with Crippen molar-refractivity contribution in [2.24, 2.45) is 11.7 Å². The molecule has 0 aromatic heterocycles. The van der Waals surface area contributed by atoms with Gasteiger partial charge in [-0.05, 0) is 23.8 Å². The highest BCUT2D eigenvalue weighted by atomic mass is 16.5. The molecular weight excluding hydrogens is 238 g/mol. The van der Waals surface area contributed by atoms with Gasteiger partial charge in [0, 0.05) is 39.2 Å². The second kappa shape index (κ2) is 5.23. The van der Waals surface area contributed by atoms with Crippen LogP contribution in [0.5, 0.6) is 0 Å². The lowest BCUT2D eigenvalue weighted by Crippen LogP contribution is -2.54. The Labute approximate surface area is 115 Å². The average molecular weight is 261 g/mol. The summed E-state index contributed by atoms with van der Waals surface area (Å²) in [7, 11) is 1.80. The van der Waals surface area contributed by atoms with Crippen molar-refractivity contribution >= 4 is 0 Å². The summed E-state index contributed by atoms with van der Waals surface area (Å²) in [5, 5.41) is 0. The van der Waals surface area contributed by atoms with Crippen LogP contribution in [0.2, 0.25) is 0 Å². The Morgan fingerprint density at radius 3 is 2.58 bits per heavy atom. The molecular formula is C16H23NO2. The molecule has 3 heteroatoms. The normalized spacial score (nSPS) is 30.8. The molecule has 1 aromatic rings. The first-order chi connectivity index (χ1) is 9.27. The summed E-state index contributed by atoms with van der Waals surface area (Å²) in [6, 6.07) is 10.8. The highest BCUT2D eigenvalue weighted by Crippen LogP contribution is 2.52. The second-order valence-electron chi connectivity index (χ2n) is 5.82. The topological polar surface area (TPSA) is 44.5 Å². The van der Waals surface area contributed by atoms with Crippen LogP contribution in [0.3, 0.4) is 0 Å². The first kappa shape index (κ1) is 13.1. The molecule has 1 saturated carbocycles. The minimum absolute atomic E-state index is 0.117. The molecule has 1 aromatic carbocycles. The lowest BCUT2D eigenvalue weighted by atomic mass is 9.83. The zero-order valence-corrected chi connectivity index (χ0v) is 11.5. The van der Waals surface area contributed by atoms with Crippen molar-refractivity contribution in [1.29, 1.82) is 0 Å². The summed E-state index contributed by atoms with van der Waals surface area (Å²) < 4.78 is 11.3. The van der Waals surface area contributed by atoms with Crippen LogP contribution in [0.4, 0.5) is 0 Å². The fourth-order valence-electron chi connectivity index (χ4n) is 3.48. The smallest absolute Gasteiger partial charge is 0.0875 e. The number of ether oxygens (including phenoxy) is 2. The van der Waals surface area contributed by atoms with E-state index in [1.165, 1.54) is 12.0 Å². The van der Waals surface area contributed by atoms with E-state index in [0.29, 0.717) is 11.8 Å². The zero-order chi connectivity index (χ0) is 13.3. The Morgan fingerprint density at radius 2 is 1.95 bits per heavy atom. The van der Waals surface area contributed by atoms with E-state index in [2.05, 4.69) is 30.3 Å². The SMILES string of the molecule is COC1(C(N)C2CC2c2ccccc2)CCOCC1. The number of nitrogens with two attached hydrogens (primary N) is 1. The van der Waals surface area contributed by atoms with Gasteiger partial charge in [-0.25, -0.2) is 0 Å². The largest absolute Gasteiger partial charge is 0.381 e. The van der Waals surface area contributed by atoms with Gasteiger partial charge in [0.25, 0.3) is 0 Å². The van der Waals surface area contributed by atoms with E-state index in [1.807, 2.05) is 0 Å². The van der Waals surface area contributed by atoms with Gasteiger partial charge in [-0.1, -0.05) is 30.3 Å². The molecule has 1 saturated heterocycles. The number of rotatable bonds is 4. The van der Waals surface area contributed by atoms with Gasteiger partial charge >= 0.3 is 0 Å². The molecule has 0 bridgehead atoms. The summed E-state index contributed by atoms with van der Waals surface area (Å²) in [6.45, 7) is 1.54. The van der Waals surface area contributed by atoms with Gasteiger partial charge in [0.15, 0.2) is 0 Å². The van der Waals surface area contributed by atoms with Crippen LogP contribution in [0.15, 0.2) is 30.3 Å². The van der Waals surface area contributed by atoms with E-state index >= 15 is 0 Å². The van der Waals surface area contributed by atoms with Crippen LogP contribution in [0.25, 0.3) is 0 Å². The van der Waals surface area contributed by atoms with Crippen molar-refractivity contribution in [1.82, 2.24) is 0 Å². The van der Waals surface area contributed by atoms with Gasteiger partial charge in [-0.3, -0.25) is 0 Å². The molecule has 3 atom stereocenters. The van der Waals surface area contributed by atoms with Crippen molar-refractivity contribution in [2.45, 2.75) is 36.8 Å². The van der Waals surface area contributed by atoms with E-state index < -0.39 is 0 Å². The quantitative estimate of drug-likeness (QED) is 0.904. The molecule has 0 amide bonds. The summed E-state index contributed by atoms with van der Waals surface area (Å²) in [5.74, 6) is 1.17. The number of methoxy groups -OCH3 is 1. The average Bonchev–Trinajstić information content (AvgIpc) is 3.28. The Hall–Kier alpha value is -0.900. The van der Waals surface area contributed by atoms with Gasteiger partial charge < -0.3 is 15.2 Å². The number of benzene rings is 1. The summed E-state index contributed by atoms with van der Waals surface area (Å²) >= 11 is 0. The molecule has 0 radical (unpaired) electrons. The predicted molar refractivity (Wildman–Crippen MR) is 75.1 cm³/mol. The highest BCUT2D eigenvalue weighted by molar-refractivity contribution is 5.27. The van der Waals surface area contributed by atoms with E-state index in [9.17, 15) is 0 Å². The molecule has 2 aliphatic rings. The van der Waals surface area contributed by atoms with Crippen LogP contribution >= 0.6 is 0 Å². The molecule has 1 heterocycles. The molecule has 19 heavy (non-hydrogen) atoms. The molecule has 104 valence electrons. The Balaban J connectivity index is 1.70. The molecule has 3 unspecified atom stereocenters. The summed E-state index contributed by atoms with van der Waals surface area (Å²) in [6.07, 6.45) is 3.03. The first-order valence-electron chi connectivity index (χ1n) is 7.20. The van der Waals surface area contributed by atoms with E-state index in [1.54, 1.807) is 7.11 Å². The Kier molecular flexibility index (Phi) is 3.61. The third-order valence-corrected chi connectivity index (χ3v) is 4.88. The van der Waals surface area contributed by atoms with Crippen molar-refractivity contribution in [3.05, 3.63) is 35.9 Å². The molecule has 1 aliphatic carbocycles. The molecule has 2 N–H and O–H groups in total. The van der Waals surface area contributed by atoms with Gasteiger partial charge in [-0.15, -0.1) is 0 Å². The minimum atomic E-state index is -0.174. The van der Waals surface area contributed by atoms with Crippen molar-refractivity contribution in [3.8, 4) is 0 Å². The highest BCUT2D eigenvalue weighted by Gasteiger charge is 2.51. The van der Waals surface area contributed by atoms with Crippen LogP contribution in [0.1, 0.15) is 30.7 Å². The molecule has 0 spiro atoms. The Morgan fingerprint density at radius 1 is 1.26 bits per heavy atom. The minimum Gasteiger partial charge on any atom is -0.381 e. The maximum atomic E-state index is 6.55. The van der Waals surface area contributed by atoms with Crippen LogP contribution in [0, 0.1) is 5.92 Å². The maximum Gasteiger partial charge on any atom is 0.0875 e. The third kappa shape index (κ3) is 2.42. The van der Waals surface area contributed by atoms with Crippen LogP contribution in [-0.2, 0) is 9.47 Å². The van der Waals surface area contributed by atoms with Crippen LogP contribution in [-0.4, -0.2) is 32.0 Å². The molecule has 2 fully saturated rings. The molecule has 3 nitrogen and oxygen atoms in total. The van der Waals surface area contributed by atoms with Crippen LogP contribution < -0.4 is 5.73 Å². The van der Waals surface area contributed by atoms with Gasteiger partial charge in [0.05, 0.1) is 5.60 Å². The van der Waals surface area contributed by atoms with E-state index in [4.69, 9.17) is 15.2 Å². The predicted octanol–water partition coefficient (Wildman–Crippen LogP) is 2.31. The summed E-state index contributed by atoms with van der Waals surface area (Å²) in [5.41, 5.74) is 7.79. The molecule has 3 rings (SSSR count). The lowest BCUT2D eigenvalue weighted by molar-refractivity contribution is -0.107. The molecule has 1 aliphatic heterocycles. The second-order valence-corrected chi connectivity index (χ2v) is 5.82. The monoisotopic (exact) mass is 261 g/mol. The van der Waals surface area contributed by atoms with Gasteiger partial charge in [-0.2, -0.15) is 0 Å². The van der Waals surface area contributed by atoms with Gasteiger partial charge in [0.2, 0.25) is 0 Å². The van der Waals surface area contributed by atoms with Gasteiger partial charge in [0.1, 0.15) is 0 Å². The van der Waals surface area contributed by atoms with E-state index in [-0.39, 0.29) is 11.6 Å². The van der Waals surface area contributed by atoms with Crippen molar-refractivity contribution < 1.29 is 9.47 Å². The zero-order valence-electron chi connectivity index (χ0n) is 11.5. The summed E-state index contributed by atoms with van der Waals surface area (Å²) in [4.78, 5) is 0. The standard InChI is InChI=1S/C16H23NO2/c1-18-16(7-9-19-10-8-16)15(17)14-11-13(14)12-5-3-2-4-6-12/h2-6,13-15H,7-11,17H2,1H3. The van der Waals surface area contributed by atoms with Crippen molar-refractivity contribution in [3.63, 3.8) is 0 Å². The Bertz CT molecular complexity index is 414. The number of hydrogen-bond donors (Lipinski definition) is 1. The van der Waals surface area contributed by atoms with Crippen molar-refractivity contribution in [2.75, 3.05) is 20.3 Å². The third-order valence-electron chi connectivity index (χ3n) is 4.88. The van der Waals surface area contributed by atoms with E-state index in [0.717, 1.165) is 26.1 Å². The first-order valence-corrected chi connectivity index (χ1v) is 7.20. The lowest BCUT2D eigenvalue weighted by Gasteiger charge is -2.41.